The molecule has 2 saturated heterocycles. The molecule has 2 fully saturated rings. The summed E-state index contributed by atoms with van der Waals surface area (Å²) in [6.07, 6.45) is 1.58. The van der Waals surface area contributed by atoms with E-state index in [4.69, 9.17) is 14.2 Å². The van der Waals surface area contributed by atoms with Crippen LogP contribution in [0.25, 0.3) is 10.2 Å². The minimum absolute atomic E-state index is 0.0994. The molecule has 9 heteroatoms. The Hall–Kier alpha value is -1.94. The Morgan fingerprint density at radius 2 is 2.03 bits per heavy atom. The summed E-state index contributed by atoms with van der Waals surface area (Å²) in [4.78, 5) is 19.2. The molecule has 4 rings (SSSR count). The van der Waals surface area contributed by atoms with Gasteiger partial charge in [-0.05, 0) is 29.9 Å². The molecular weight excluding hydrogens is 406 g/mol. The molecule has 164 valence electrons. The Morgan fingerprint density at radius 3 is 2.67 bits per heavy atom. The van der Waals surface area contributed by atoms with Gasteiger partial charge in [-0.25, -0.2) is 9.78 Å². The van der Waals surface area contributed by atoms with Crippen molar-refractivity contribution in [3.8, 4) is 5.75 Å². The summed E-state index contributed by atoms with van der Waals surface area (Å²) < 4.78 is 17.8. The van der Waals surface area contributed by atoms with Crippen molar-refractivity contribution in [2.45, 2.75) is 25.7 Å². The average molecular weight is 436 g/mol. The molecule has 2 amide bonds. The Bertz CT molecular complexity index is 886. The topological polar surface area (TPSA) is 93.2 Å². The number of amides is 2. The third-order valence-electron chi connectivity index (χ3n) is 6.06. The van der Waals surface area contributed by atoms with Crippen molar-refractivity contribution in [2.75, 3.05) is 58.6 Å². The Morgan fingerprint density at radius 1 is 1.33 bits per heavy atom. The highest BCUT2D eigenvalue weighted by Gasteiger charge is 2.31. The Kier molecular flexibility index (Phi) is 6.43. The van der Waals surface area contributed by atoms with Crippen LogP contribution in [-0.2, 0) is 9.47 Å². The number of benzene rings is 1. The first-order chi connectivity index (χ1) is 14.5. The molecule has 3 heterocycles. The van der Waals surface area contributed by atoms with Crippen molar-refractivity contribution in [3.63, 3.8) is 0 Å². The number of urea groups is 1. The van der Waals surface area contributed by atoms with Gasteiger partial charge in [0.05, 0.1) is 38.2 Å². The van der Waals surface area contributed by atoms with Crippen LogP contribution in [-0.4, -0.2) is 74.3 Å². The number of anilines is 1. The maximum atomic E-state index is 12.8. The number of piperidine rings is 1. The highest BCUT2D eigenvalue weighted by molar-refractivity contribution is 7.22. The van der Waals surface area contributed by atoms with E-state index in [0.717, 1.165) is 28.6 Å². The van der Waals surface area contributed by atoms with Crippen molar-refractivity contribution in [1.29, 1.82) is 0 Å². The zero-order valence-electron chi connectivity index (χ0n) is 17.5. The van der Waals surface area contributed by atoms with Crippen LogP contribution in [0.15, 0.2) is 12.1 Å². The predicted octanol–water partition coefficient (Wildman–Crippen LogP) is 3.06. The van der Waals surface area contributed by atoms with Gasteiger partial charge < -0.3 is 24.2 Å². The number of aromatic nitrogens is 1. The number of nitrogens with one attached hydrogen (secondary N) is 1. The molecule has 0 bridgehead atoms. The van der Waals surface area contributed by atoms with Gasteiger partial charge in [0.25, 0.3) is 0 Å². The molecule has 8 nitrogen and oxygen atoms in total. The largest absolute Gasteiger partial charge is 0.494 e. The zero-order chi connectivity index (χ0) is 21.1. The number of fused-ring (bicyclic) bond motifs is 1. The fourth-order valence-corrected chi connectivity index (χ4v) is 4.98. The molecule has 0 saturated carbocycles. The normalized spacial score (nSPS) is 20.2. The molecule has 2 aliphatic heterocycles. The molecule has 2 N–H and O–H groups in total. The van der Waals surface area contributed by atoms with Crippen LogP contribution in [0.4, 0.5) is 9.93 Å². The molecule has 0 radical (unpaired) electrons. The minimum atomic E-state index is -0.157. The number of nitrogens with zero attached hydrogens (tertiary/aromatic N) is 2. The van der Waals surface area contributed by atoms with Crippen LogP contribution < -0.4 is 10.1 Å². The molecule has 1 aromatic carbocycles. The van der Waals surface area contributed by atoms with Gasteiger partial charge in [-0.2, -0.15) is 0 Å². The minimum Gasteiger partial charge on any atom is -0.494 e. The standard InChI is InChI=1S/C21H29N3O5S/c1-21(13-25)5-7-24(8-6-21)20(26)23-19-22-17-16(27-2)4-3-15(18(17)30-19)14-11-28-9-10-29-12-14/h3-4,14,25H,5-13H2,1-2H3,(H,22,23,26). The number of thiazole rings is 1. The molecule has 30 heavy (non-hydrogen) atoms. The van der Waals surface area contributed by atoms with Crippen LogP contribution in [0, 0.1) is 5.41 Å². The van der Waals surface area contributed by atoms with Gasteiger partial charge in [-0.15, -0.1) is 0 Å². The maximum absolute atomic E-state index is 12.8. The first-order valence-electron chi connectivity index (χ1n) is 10.3. The number of methoxy groups -OCH3 is 1. The van der Waals surface area contributed by atoms with Gasteiger partial charge in [0.2, 0.25) is 0 Å². The van der Waals surface area contributed by atoms with Crippen molar-refractivity contribution >= 4 is 32.7 Å². The van der Waals surface area contributed by atoms with Crippen molar-refractivity contribution in [2.24, 2.45) is 5.41 Å². The molecule has 0 atom stereocenters. The second kappa shape index (κ2) is 9.05. The highest BCUT2D eigenvalue weighted by atomic mass is 32.1. The average Bonchev–Trinajstić information content (AvgIpc) is 2.99. The molecule has 0 spiro atoms. The summed E-state index contributed by atoms with van der Waals surface area (Å²) in [6.45, 7) is 5.85. The van der Waals surface area contributed by atoms with Crippen molar-refractivity contribution in [1.82, 2.24) is 9.88 Å². The van der Waals surface area contributed by atoms with E-state index in [1.807, 2.05) is 12.1 Å². The van der Waals surface area contributed by atoms with Crippen LogP contribution in [0.3, 0.4) is 0 Å². The van der Waals surface area contributed by atoms with Gasteiger partial charge in [0.15, 0.2) is 5.13 Å². The second-order valence-electron chi connectivity index (χ2n) is 8.29. The number of hydrogen-bond donors (Lipinski definition) is 2. The van der Waals surface area contributed by atoms with Gasteiger partial charge >= 0.3 is 6.03 Å². The third-order valence-corrected chi connectivity index (χ3v) is 7.08. The van der Waals surface area contributed by atoms with Gasteiger partial charge in [0.1, 0.15) is 11.3 Å². The first-order valence-corrected chi connectivity index (χ1v) is 11.1. The van der Waals surface area contributed by atoms with Crippen molar-refractivity contribution < 1.29 is 24.1 Å². The number of ether oxygens (including phenoxy) is 3. The zero-order valence-corrected chi connectivity index (χ0v) is 18.3. The summed E-state index contributed by atoms with van der Waals surface area (Å²) in [6, 6.07) is 3.79. The summed E-state index contributed by atoms with van der Waals surface area (Å²) in [5, 5.41) is 13.0. The van der Waals surface area contributed by atoms with Gasteiger partial charge in [0, 0.05) is 25.6 Å². The molecule has 0 aliphatic carbocycles. The number of carbonyl (C=O) groups is 1. The lowest BCUT2D eigenvalue weighted by Gasteiger charge is -2.37. The molecule has 2 aliphatic rings. The lowest BCUT2D eigenvalue weighted by molar-refractivity contribution is 0.0728. The van der Waals surface area contributed by atoms with E-state index in [9.17, 15) is 9.90 Å². The van der Waals surface area contributed by atoms with Crippen LogP contribution in [0.1, 0.15) is 31.2 Å². The van der Waals surface area contributed by atoms with E-state index >= 15 is 0 Å². The lowest BCUT2D eigenvalue weighted by atomic mass is 9.81. The molecular formula is C21H29N3O5S. The van der Waals surface area contributed by atoms with E-state index in [2.05, 4.69) is 17.2 Å². The number of carbonyl (C=O) groups excluding carboxylic acids is 1. The van der Waals surface area contributed by atoms with Crippen LogP contribution in [0.5, 0.6) is 5.75 Å². The first kappa shape index (κ1) is 21.3. The van der Waals surface area contributed by atoms with Crippen molar-refractivity contribution in [3.05, 3.63) is 17.7 Å². The number of aliphatic hydroxyl groups excluding tert-OH is 1. The lowest BCUT2D eigenvalue weighted by Crippen LogP contribution is -2.45. The maximum Gasteiger partial charge on any atom is 0.323 e. The third kappa shape index (κ3) is 4.39. The fourth-order valence-electron chi connectivity index (χ4n) is 3.92. The smallest absolute Gasteiger partial charge is 0.323 e. The van der Waals surface area contributed by atoms with E-state index in [-0.39, 0.29) is 24.0 Å². The SMILES string of the molecule is COc1ccc(C2COCCOC2)c2sc(NC(=O)N3CCC(C)(CO)CC3)nc12. The quantitative estimate of drug-likeness (QED) is 0.767. The number of rotatable bonds is 4. The van der Waals surface area contributed by atoms with E-state index in [1.165, 1.54) is 11.3 Å². The predicted molar refractivity (Wildman–Crippen MR) is 116 cm³/mol. The van der Waals surface area contributed by atoms with Crippen LogP contribution >= 0.6 is 11.3 Å². The number of hydrogen-bond acceptors (Lipinski definition) is 7. The van der Waals surface area contributed by atoms with E-state index < -0.39 is 0 Å². The number of aliphatic hydroxyl groups is 1. The Labute approximate surface area is 180 Å². The highest BCUT2D eigenvalue weighted by Crippen LogP contribution is 2.39. The van der Waals surface area contributed by atoms with E-state index in [1.54, 1.807) is 12.0 Å². The monoisotopic (exact) mass is 435 g/mol. The summed E-state index contributed by atoms with van der Waals surface area (Å²) in [7, 11) is 1.62. The summed E-state index contributed by atoms with van der Waals surface area (Å²) >= 11 is 1.45. The van der Waals surface area contributed by atoms with E-state index in [0.29, 0.717) is 50.4 Å². The molecule has 1 aromatic heterocycles. The second-order valence-corrected chi connectivity index (χ2v) is 9.29. The molecule has 2 aromatic rings. The summed E-state index contributed by atoms with van der Waals surface area (Å²) in [5.74, 6) is 0.792. The van der Waals surface area contributed by atoms with Crippen LogP contribution in [0.2, 0.25) is 0 Å². The fraction of sp³-hybridized carbons (Fsp3) is 0.619. The Balaban J connectivity index is 1.55. The van der Waals surface area contributed by atoms with Gasteiger partial charge in [-0.3, -0.25) is 5.32 Å². The number of likely N-dealkylation sites (tertiary alicyclic amines) is 1. The van der Waals surface area contributed by atoms with Gasteiger partial charge in [-0.1, -0.05) is 24.3 Å². The molecule has 0 unspecified atom stereocenters. The summed E-state index contributed by atoms with van der Waals surface area (Å²) in [5.41, 5.74) is 1.74.